The number of methoxy groups -OCH3 is 1. The number of carbonyl (C=O) groups excluding carboxylic acids is 1. The Balaban J connectivity index is 2.12. The second-order valence-corrected chi connectivity index (χ2v) is 5.27. The molecule has 1 heterocycles. The number of hydrogen-bond donors (Lipinski definition) is 3. The number of aromatic amines is 1. The maximum Gasteiger partial charge on any atom is 0.352 e. The first-order valence-electron chi connectivity index (χ1n) is 6.70. The van der Waals surface area contributed by atoms with E-state index >= 15 is 0 Å². The Morgan fingerprint density at radius 2 is 2.05 bits per heavy atom. The second-order valence-electron chi connectivity index (χ2n) is 5.27. The summed E-state index contributed by atoms with van der Waals surface area (Å²) in [5, 5.41) is 12.0. The summed E-state index contributed by atoms with van der Waals surface area (Å²) in [7, 11) is 1.68. The molecular formula is C14H20N2O4. The van der Waals surface area contributed by atoms with E-state index in [1.54, 1.807) is 21.0 Å². The van der Waals surface area contributed by atoms with Gasteiger partial charge in [-0.2, -0.15) is 0 Å². The van der Waals surface area contributed by atoms with Gasteiger partial charge in [-0.1, -0.05) is 0 Å². The zero-order valence-corrected chi connectivity index (χ0v) is 11.9. The number of aromatic nitrogens is 1. The minimum atomic E-state index is -1.05. The van der Waals surface area contributed by atoms with Crippen LogP contribution < -0.4 is 5.32 Å². The summed E-state index contributed by atoms with van der Waals surface area (Å²) >= 11 is 0. The van der Waals surface area contributed by atoms with Gasteiger partial charge in [0.05, 0.1) is 11.7 Å². The SMILES string of the molecule is COC1CCC(NC(=O)c2c(C)[nH]c(C(=O)O)c2C)C1. The van der Waals surface area contributed by atoms with Crippen LogP contribution in [0.2, 0.25) is 0 Å². The molecule has 0 radical (unpaired) electrons. The number of amides is 1. The molecule has 0 spiro atoms. The second kappa shape index (κ2) is 5.66. The van der Waals surface area contributed by atoms with Gasteiger partial charge in [-0.25, -0.2) is 4.79 Å². The number of aryl methyl sites for hydroxylation is 1. The molecule has 20 heavy (non-hydrogen) atoms. The summed E-state index contributed by atoms with van der Waals surface area (Å²) < 4.78 is 5.28. The van der Waals surface area contributed by atoms with Crippen molar-refractivity contribution in [2.75, 3.05) is 7.11 Å². The zero-order chi connectivity index (χ0) is 14.9. The standard InChI is InChI=1S/C14H20N2O4/c1-7-11(8(2)15-12(7)14(18)19)13(17)16-9-4-5-10(6-9)20-3/h9-10,15H,4-6H2,1-3H3,(H,16,17)(H,18,19). The molecular weight excluding hydrogens is 260 g/mol. The van der Waals surface area contributed by atoms with E-state index in [-0.39, 0.29) is 23.7 Å². The highest BCUT2D eigenvalue weighted by Gasteiger charge is 2.28. The highest BCUT2D eigenvalue weighted by molar-refractivity contribution is 6.00. The van der Waals surface area contributed by atoms with Gasteiger partial charge in [0.1, 0.15) is 5.69 Å². The molecule has 1 aliphatic rings. The summed E-state index contributed by atoms with van der Waals surface area (Å²) in [6.07, 6.45) is 2.82. The molecule has 1 aliphatic carbocycles. The third-order valence-corrected chi connectivity index (χ3v) is 3.93. The van der Waals surface area contributed by atoms with Crippen LogP contribution in [-0.4, -0.2) is 41.2 Å². The Morgan fingerprint density at radius 3 is 2.55 bits per heavy atom. The van der Waals surface area contributed by atoms with Crippen LogP contribution in [0.25, 0.3) is 0 Å². The van der Waals surface area contributed by atoms with Crippen molar-refractivity contribution in [2.45, 2.75) is 45.3 Å². The maximum absolute atomic E-state index is 12.3. The topological polar surface area (TPSA) is 91.4 Å². The average molecular weight is 280 g/mol. The lowest BCUT2D eigenvalue weighted by Gasteiger charge is -2.13. The van der Waals surface area contributed by atoms with Crippen molar-refractivity contribution in [3.8, 4) is 0 Å². The number of aromatic carboxylic acids is 1. The van der Waals surface area contributed by atoms with Gasteiger partial charge in [0, 0.05) is 18.8 Å². The van der Waals surface area contributed by atoms with Crippen molar-refractivity contribution in [1.82, 2.24) is 10.3 Å². The molecule has 0 aliphatic heterocycles. The van der Waals surface area contributed by atoms with E-state index in [0.717, 1.165) is 19.3 Å². The molecule has 1 aromatic rings. The maximum atomic E-state index is 12.3. The van der Waals surface area contributed by atoms with E-state index in [9.17, 15) is 9.59 Å². The smallest absolute Gasteiger partial charge is 0.352 e. The third kappa shape index (κ3) is 2.70. The summed E-state index contributed by atoms with van der Waals surface area (Å²) in [6, 6.07) is 0.0921. The lowest BCUT2D eigenvalue weighted by Crippen LogP contribution is -2.34. The number of rotatable bonds is 4. The summed E-state index contributed by atoms with van der Waals surface area (Å²) in [6.45, 7) is 3.36. The van der Waals surface area contributed by atoms with Crippen molar-refractivity contribution in [1.29, 1.82) is 0 Å². The molecule has 1 amide bonds. The van der Waals surface area contributed by atoms with Crippen molar-refractivity contribution in [3.63, 3.8) is 0 Å². The molecule has 1 aromatic heterocycles. The highest BCUT2D eigenvalue weighted by atomic mass is 16.5. The van der Waals surface area contributed by atoms with Crippen LogP contribution in [0.4, 0.5) is 0 Å². The molecule has 6 nitrogen and oxygen atoms in total. The fourth-order valence-electron chi connectivity index (χ4n) is 2.85. The van der Waals surface area contributed by atoms with E-state index in [0.29, 0.717) is 16.8 Å². The summed E-state index contributed by atoms with van der Waals surface area (Å²) in [5.74, 6) is -1.27. The van der Waals surface area contributed by atoms with Crippen LogP contribution in [0, 0.1) is 13.8 Å². The molecule has 0 saturated heterocycles. The van der Waals surface area contributed by atoms with Gasteiger partial charge in [0.25, 0.3) is 5.91 Å². The molecule has 6 heteroatoms. The number of carboxylic acids is 1. The monoisotopic (exact) mass is 280 g/mol. The zero-order valence-electron chi connectivity index (χ0n) is 11.9. The van der Waals surface area contributed by atoms with E-state index in [1.165, 1.54) is 0 Å². The molecule has 2 unspecified atom stereocenters. The minimum Gasteiger partial charge on any atom is -0.477 e. The van der Waals surface area contributed by atoms with Crippen molar-refractivity contribution >= 4 is 11.9 Å². The van der Waals surface area contributed by atoms with E-state index in [2.05, 4.69) is 10.3 Å². The molecule has 110 valence electrons. The predicted octanol–water partition coefficient (Wildman–Crippen LogP) is 1.63. The number of ether oxygens (including phenoxy) is 1. The van der Waals surface area contributed by atoms with Gasteiger partial charge in [0.2, 0.25) is 0 Å². The Hall–Kier alpha value is -1.82. The first-order chi connectivity index (χ1) is 9.43. The van der Waals surface area contributed by atoms with Gasteiger partial charge < -0.3 is 20.1 Å². The lowest BCUT2D eigenvalue weighted by atomic mass is 10.1. The van der Waals surface area contributed by atoms with E-state index < -0.39 is 5.97 Å². The number of nitrogens with one attached hydrogen (secondary N) is 2. The Bertz CT molecular complexity index is 536. The van der Waals surface area contributed by atoms with Gasteiger partial charge in [0.15, 0.2) is 0 Å². The van der Waals surface area contributed by atoms with E-state index in [1.807, 2.05) is 0 Å². The van der Waals surface area contributed by atoms with Gasteiger partial charge in [-0.3, -0.25) is 4.79 Å². The summed E-state index contributed by atoms with van der Waals surface area (Å²) in [4.78, 5) is 26.1. The van der Waals surface area contributed by atoms with Crippen molar-refractivity contribution in [3.05, 3.63) is 22.5 Å². The van der Waals surface area contributed by atoms with Gasteiger partial charge in [-0.05, 0) is 38.7 Å². The molecule has 1 fully saturated rings. The van der Waals surface area contributed by atoms with E-state index in [4.69, 9.17) is 9.84 Å². The Kier molecular flexibility index (Phi) is 4.13. The predicted molar refractivity (Wildman–Crippen MR) is 73.1 cm³/mol. The number of carbonyl (C=O) groups is 2. The normalized spacial score (nSPS) is 21.9. The number of carboxylic acid groups (broad SMARTS) is 1. The van der Waals surface area contributed by atoms with Crippen LogP contribution in [0.5, 0.6) is 0 Å². The summed E-state index contributed by atoms with van der Waals surface area (Å²) in [5.41, 5.74) is 1.57. The van der Waals surface area contributed by atoms with Crippen LogP contribution in [0.3, 0.4) is 0 Å². The first-order valence-corrected chi connectivity index (χ1v) is 6.70. The lowest BCUT2D eigenvalue weighted by molar-refractivity contribution is 0.0690. The number of hydrogen-bond acceptors (Lipinski definition) is 3. The fraction of sp³-hybridized carbons (Fsp3) is 0.571. The largest absolute Gasteiger partial charge is 0.477 e. The van der Waals surface area contributed by atoms with Crippen LogP contribution in [-0.2, 0) is 4.74 Å². The van der Waals surface area contributed by atoms with Gasteiger partial charge in [-0.15, -0.1) is 0 Å². The third-order valence-electron chi connectivity index (χ3n) is 3.93. The van der Waals surface area contributed by atoms with Crippen LogP contribution >= 0.6 is 0 Å². The molecule has 1 saturated carbocycles. The highest BCUT2D eigenvalue weighted by Crippen LogP contribution is 2.23. The quantitative estimate of drug-likeness (QED) is 0.781. The van der Waals surface area contributed by atoms with Crippen molar-refractivity contribution < 1.29 is 19.4 Å². The van der Waals surface area contributed by atoms with Gasteiger partial charge >= 0.3 is 5.97 Å². The minimum absolute atomic E-state index is 0.0776. The molecule has 3 N–H and O–H groups in total. The van der Waals surface area contributed by atoms with Crippen LogP contribution in [0.15, 0.2) is 0 Å². The average Bonchev–Trinajstić information content (AvgIpc) is 2.94. The van der Waals surface area contributed by atoms with Crippen LogP contribution in [0.1, 0.15) is 51.4 Å². The molecule has 0 aromatic carbocycles. The Morgan fingerprint density at radius 1 is 1.35 bits per heavy atom. The molecule has 2 rings (SSSR count). The number of H-pyrrole nitrogens is 1. The fourth-order valence-corrected chi connectivity index (χ4v) is 2.85. The molecule has 2 atom stereocenters. The molecule has 0 bridgehead atoms. The first kappa shape index (κ1) is 14.6. The van der Waals surface area contributed by atoms with Crippen molar-refractivity contribution in [2.24, 2.45) is 0 Å². The Labute approximate surface area is 117 Å².